The van der Waals surface area contributed by atoms with Crippen molar-refractivity contribution in [3.05, 3.63) is 29.8 Å². The molecule has 1 atom stereocenters. The van der Waals surface area contributed by atoms with Crippen LogP contribution in [-0.4, -0.2) is 52.7 Å². The molecular weight excluding hydrogens is 362 g/mol. The average molecular weight is 390 g/mol. The number of rotatable bonds is 4. The van der Waals surface area contributed by atoms with E-state index in [1.165, 1.54) is 0 Å². The van der Waals surface area contributed by atoms with Crippen LogP contribution in [0.15, 0.2) is 29.3 Å². The van der Waals surface area contributed by atoms with Gasteiger partial charge in [0.1, 0.15) is 17.9 Å². The van der Waals surface area contributed by atoms with Gasteiger partial charge in [0.05, 0.1) is 12.2 Å². The third-order valence-electron chi connectivity index (χ3n) is 5.11. The van der Waals surface area contributed by atoms with Gasteiger partial charge in [0.25, 0.3) is 0 Å². The van der Waals surface area contributed by atoms with Crippen LogP contribution in [0.1, 0.15) is 39.2 Å². The second-order valence-electron chi connectivity index (χ2n) is 7.64. The van der Waals surface area contributed by atoms with Crippen LogP contribution in [0.3, 0.4) is 0 Å². The minimum absolute atomic E-state index is 0.0885. The highest BCUT2D eigenvalue weighted by atomic mass is 32.1. The molecule has 2 heterocycles. The summed E-state index contributed by atoms with van der Waals surface area (Å²) >= 11 is 5.55. The second kappa shape index (κ2) is 7.56. The van der Waals surface area contributed by atoms with Gasteiger partial charge in [0.15, 0.2) is 5.11 Å². The summed E-state index contributed by atoms with van der Waals surface area (Å²) in [5.74, 6) is 0.485. The Kier molecular flexibility index (Phi) is 5.53. The van der Waals surface area contributed by atoms with E-state index < -0.39 is 5.54 Å². The van der Waals surface area contributed by atoms with Gasteiger partial charge in [0, 0.05) is 25.1 Å². The number of carbonyl (C=O) groups excluding carboxylic acids is 1. The third kappa shape index (κ3) is 3.99. The molecule has 3 rings (SSSR count). The van der Waals surface area contributed by atoms with E-state index in [1.54, 1.807) is 6.92 Å². The molecule has 0 aromatic heterocycles. The van der Waals surface area contributed by atoms with Crippen molar-refractivity contribution in [2.24, 2.45) is 4.99 Å². The molecule has 27 heavy (non-hydrogen) atoms. The maximum atomic E-state index is 12.2. The van der Waals surface area contributed by atoms with Crippen molar-refractivity contribution in [2.45, 2.75) is 51.7 Å². The van der Waals surface area contributed by atoms with Crippen molar-refractivity contribution in [2.75, 3.05) is 25.1 Å². The van der Waals surface area contributed by atoms with E-state index in [4.69, 9.17) is 21.7 Å². The van der Waals surface area contributed by atoms with Crippen LogP contribution >= 0.6 is 12.2 Å². The zero-order chi connectivity index (χ0) is 19.7. The van der Waals surface area contributed by atoms with E-state index in [-0.39, 0.29) is 18.1 Å². The molecule has 7 heteroatoms. The number of hydrogen-bond donors (Lipinski definition) is 1. The number of thiocarbonyl (C=S) groups is 1. The van der Waals surface area contributed by atoms with E-state index in [9.17, 15) is 4.79 Å². The van der Waals surface area contributed by atoms with E-state index in [1.807, 2.05) is 36.1 Å². The number of anilines is 1. The molecule has 0 amide bonds. The van der Waals surface area contributed by atoms with Gasteiger partial charge in [-0.05, 0) is 51.5 Å². The molecule has 0 unspecified atom stereocenters. The monoisotopic (exact) mass is 389 g/mol. The van der Waals surface area contributed by atoms with Crippen molar-refractivity contribution in [1.82, 2.24) is 4.90 Å². The number of amidine groups is 1. The van der Waals surface area contributed by atoms with Crippen LogP contribution < -0.4 is 5.32 Å². The normalized spacial score (nSPS) is 24.1. The van der Waals surface area contributed by atoms with Crippen LogP contribution in [0.25, 0.3) is 0 Å². The van der Waals surface area contributed by atoms with Gasteiger partial charge in [-0.1, -0.05) is 18.2 Å². The number of nitrogens with one attached hydrogen (secondary N) is 1. The number of carbonyl (C=O) groups is 1. The molecule has 2 aliphatic rings. The van der Waals surface area contributed by atoms with Crippen LogP contribution in [0.5, 0.6) is 0 Å². The molecule has 1 aromatic carbocycles. The molecule has 0 bridgehead atoms. The van der Waals surface area contributed by atoms with Crippen molar-refractivity contribution >= 4 is 34.8 Å². The Morgan fingerprint density at radius 3 is 2.81 bits per heavy atom. The lowest BCUT2D eigenvalue weighted by Crippen LogP contribution is -2.61. The number of para-hydroxylation sites is 1. The minimum Gasteiger partial charge on any atom is -0.465 e. The molecule has 0 radical (unpaired) electrons. The van der Waals surface area contributed by atoms with Crippen LogP contribution in [-0.2, 0) is 14.3 Å². The van der Waals surface area contributed by atoms with E-state index in [0.717, 1.165) is 17.1 Å². The molecular formula is C20H27N3O3S. The zero-order valence-electron chi connectivity index (χ0n) is 16.4. The smallest absolute Gasteiger partial charge is 0.325 e. The maximum Gasteiger partial charge on any atom is 0.325 e. The number of aliphatic imine (C=N–C) groups is 1. The Labute approximate surface area is 165 Å². The van der Waals surface area contributed by atoms with E-state index in [2.05, 4.69) is 24.2 Å². The first-order valence-electron chi connectivity index (χ1n) is 9.30. The molecule has 6 nitrogen and oxygen atoms in total. The molecule has 1 saturated heterocycles. The quantitative estimate of drug-likeness (QED) is 0.630. The number of benzene rings is 1. The van der Waals surface area contributed by atoms with Gasteiger partial charge < -0.3 is 19.7 Å². The van der Waals surface area contributed by atoms with Crippen molar-refractivity contribution in [3.8, 4) is 0 Å². The van der Waals surface area contributed by atoms with Gasteiger partial charge in [-0.25, -0.2) is 4.99 Å². The lowest BCUT2D eigenvalue weighted by atomic mass is 9.79. The molecule has 2 aliphatic heterocycles. The first kappa shape index (κ1) is 19.8. The molecule has 1 fully saturated rings. The minimum atomic E-state index is -0.506. The fourth-order valence-electron chi connectivity index (χ4n) is 3.88. The number of hydrogen-bond acceptors (Lipinski definition) is 5. The summed E-state index contributed by atoms with van der Waals surface area (Å²) in [7, 11) is 0. The predicted molar refractivity (Wildman–Crippen MR) is 110 cm³/mol. The Bertz CT molecular complexity index is 777. The zero-order valence-corrected chi connectivity index (χ0v) is 17.2. The van der Waals surface area contributed by atoms with Crippen LogP contribution in [0.4, 0.5) is 5.69 Å². The summed E-state index contributed by atoms with van der Waals surface area (Å²) in [6.07, 6.45) is 1.38. The fourth-order valence-corrected chi connectivity index (χ4v) is 4.21. The van der Waals surface area contributed by atoms with E-state index >= 15 is 0 Å². The summed E-state index contributed by atoms with van der Waals surface area (Å²) in [6.45, 7) is 8.97. The highest BCUT2D eigenvalue weighted by Gasteiger charge is 2.53. The van der Waals surface area contributed by atoms with Gasteiger partial charge >= 0.3 is 5.97 Å². The van der Waals surface area contributed by atoms with Crippen molar-refractivity contribution in [3.63, 3.8) is 0 Å². The van der Waals surface area contributed by atoms with Gasteiger partial charge in [-0.3, -0.25) is 4.79 Å². The number of ether oxygens (including phenoxy) is 2. The largest absolute Gasteiger partial charge is 0.465 e. The first-order valence-corrected chi connectivity index (χ1v) is 9.71. The Balaban J connectivity index is 1.96. The highest BCUT2D eigenvalue weighted by molar-refractivity contribution is 7.80. The lowest BCUT2D eigenvalue weighted by Gasteiger charge is -2.47. The molecule has 1 spiro atoms. The summed E-state index contributed by atoms with van der Waals surface area (Å²) < 4.78 is 11.1. The number of esters is 1. The fraction of sp³-hybridized carbons (Fsp3) is 0.550. The number of nitrogens with zero attached hydrogens (tertiary/aromatic N) is 2. The highest BCUT2D eigenvalue weighted by Crippen LogP contribution is 2.41. The summed E-state index contributed by atoms with van der Waals surface area (Å²) in [4.78, 5) is 18.8. The topological polar surface area (TPSA) is 63.2 Å². The molecule has 0 saturated carbocycles. The Morgan fingerprint density at radius 2 is 2.15 bits per heavy atom. The first-order chi connectivity index (χ1) is 12.8. The second-order valence-corrected chi connectivity index (χ2v) is 8.01. The molecule has 0 aliphatic carbocycles. The van der Waals surface area contributed by atoms with E-state index in [0.29, 0.717) is 31.2 Å². The van der Waals surface area contributed by atoms with Crippen molar-refractivity contribution < 1.29 is 14.3 Å². The Hall–Kier alpha value is -1.99. The van der Waals surface area contributed by atoms with Crippen molar-refractivity contribution in [1.29, 1.82) is 0 Å². The van der Waals surface area contributed by atoms with Gasteiger partial charge in [0.2, 0.25) is 0 Å². The molecule has 1 aromatic rings. The molecule has 146 valence electrons. The lowest BCUT2D eigenvalue weighted by molar-refractivity contribution is -0.146. The molecule has 1 N–H and O–H groups in total. The van der Waals surface area contributed by atoms with Gasteiger partial charge in [-0.2, -0.15) is 0 Å². The maximum absolute atomic E-state index is 12.2. The predicted octanol–water partition coefficient (Wildman–Crippen LogP) is 3.30. The van der Waals surface area contributed by atoms with Gasteiger partial charge in [-0.15, -0.1) is 0 Å². The number of aryl methyl sites for hydroxylation is 1. The Morgan fingerprint density at radius 1 is 1.41 bits per heavy atom. The van der Waals surface area contributed by atoms with Crippen LogP contribution in [0.2, 0.25) is 0 Å². The van der Waals surface area contributed by atoms with Crippen LogP contribution in [0, 0.1) is 6.92 Å². The summed E-state index contributed by atoms with van der Waals surface area (Å²) in [5.41, 5.74) is 1.25. The summed E-state index contributed by atoms with van der Waals surface area (Å²) in [5, 5.41) is 3.90. The summed E-state index contributed by atoms with van der Waals surface area (Å²) in [6, 6.07) is 8.06. The third-order valence-corrected chi connectivity index (χ3v) is 5.42. The standard InChI is InChI=1S/C20H27N3O3S/c1-5-25-16(24)12-23-18(27)22-17(21-15-9-7-6-8-14(15)2)20(23)10-11-26-19(3,4)13-20/h6-9H,5,10-13H2,1-4H3,(H,21,22,27)/t20-/m0/s1. The SMILES string of the molecule is CCOC(=O)CN1C(=S)N=C(Nc2ccccc2C)[C@@]12CCOC(C)(C)C2. The average Bonchev–Trinajstić information content (AvgIpc) is 2.81.